The summed E-state index contributed by atoms with van der Waals surface area (Å²) in [7, 11) is 1.61. The number of benzene rings is 2. The molecule has 31 heavy (non-hydrogen) atoms. The van der Waals surface area contributed by atoms with Crippen LogP contribution in [0.2, 0.25) is 0 Å². The molecule has 2 aliphatic heterocycles. The van der Waals surface area contributed by atoms with E-state index in [-0.39, 0.29) is 37.3 Å². The van der Waals surface area contributed by atoms with Crippen LogP contribution in [-0.4, -0.2) is 48.1 Å². The normalized spacial score (nSPS) is 22.2. The first-order chi connectivity index (χ1) is 15.1. The van der Waals surface area contributed by atoms with Crippen molar-refractivity contribution in [1.82, 2.24) is 4.90 Å². The monoisotopic (exact) mass is 420 g/mol. The van der Waals surface area contributed by atoms with Crippen LogP contribution < -0.4 is 9.64 Å². The van der Waals surface area contributed by atoms with Gasteiger partial charge in [-0.3, -0.25) is 14.5 Å². The maximum atomic E-state index is 13.5. The molecule has 2 fully saturated rings. The highest BCUT2D eigenvalue weighted by Gasteiger charge is 2.64. The number of esters is 1. The number of amides is 2. The molecule has 1 aliphatic carbocycles. The Morgan fingerprint density at radius 1 is 1.10 bits per heavy atom. The van der Waals surface area contributed by atoms with E-state index in [0.29, 0.717) is 17.7 Å². The second-order valence-corrected chi connectivity index (χ2v) is 8.20. The van der Waals surface area contributed by atoms with Crippen molar-refractivity contribution in [3.63, 3.8) is 0 Å². The smallest absolute Gasteiger partial charge is 0.353 e. The molecule has 0 spiro atoms. The van der Waals surface area contributed by atoms with E-state index in [9.17, 15) is 14.4 Å². The highest BCUT2D eigenvalue weighted by molar-refractivity contribution is 6.15. The summed E-state index contributed by atoms with van der Waals surface area (Å²) in [5.41, 5.74) is 0.587. The van der Waals surface area contributed by atoms with Crippen LogP contribution in [0.3, 0.4) is 0 Å². The number of methoxy groups -OCH3 is 1. The van der Waals surface area contributed by atoms with Crippen LogP contribution in [0.4, 0.5) is 5.69 Å². The molecule has 0 radical (unpaired) electrons. The van der Waals surface area contributed by atoms with Crippen LogP contribution in [-0.2, 0) is 20.7 Å². The molecule has 160 valence electrons. The van der Waals surface area contributed by atoms with Crippen LogP contribution in [0.15, 0.2) is 48.5 Å². The first-order valence-electron chi connectivity index (χ1n) is 10.6. The van der Waals surface area contributed by atoms with Gasteiger partial charge in [-0.25, -0.2) is 4.79 Å². The van der Waals surface area contributed by atoms with E-state index in [1.807, 2.05) is 24.3 Å². The zero-order chi connectivity index (χ0) is 21.6. The number of nitrogens with zero attached hydrogens (tertiary/aromatic N) is 2. The Balaban J connectivity index is 1.43. The molecular weight excluding hydrogens is 396 g/mol. The minimum absolute atomic E-state index is 0.0385. The lowest BCUT2D eigenvalue weighted by Gasteiger charge is -2.48. The molecule has 2 aromatic rings. The van der Waals surface area contributed by atoms with E-state index in [0.717, 1.165) is 24.2 Å². The van der Waals surface area contributed by atoms with Gasteiger partial charge in [-0.05, 0) is 42.7 Å². The number of hydrogen-bond acceptors (Lipinski definition) is 5. The van der Waals surface area contributed by atoms with Crippen LogP contribution in [0.1, 0.15) is 41.6 Å². The van der Waals surface area contributed by atoms with Crippen LogP contribution >= 0.6 is 0 Å². The number of rotatable bonds is 6. The molecule has 7 nitrogen and oxygen atoms in total. The molecule has 2 heterocycles. The molecule has 1 atom stereocenters. The van der Waals surface area contributed by atoms with Gasteiger partial charge in [0.05, 0.1) is 25.0 Å². The third kappa shape index (κ3) is 3.07. The second kappa shape index (κ2) is 7.41. The Bertz CT molecular complexity index is 1050. The van der Waals surface area contributed by atoms with Gasteiger partial charge in [0.25, 0.3) is 5.91 Å². The molecule has 0 aromatic heterocycles. The average Bonchev–Trinajstić information content (AvgIpc) is 3.56. The van der Waals surface area contributed by atoms with Crippen LogP contribution in [0.25, 0.3) is 0 Å². The van der Waals surface area contributed by atoms with Crippen LogP contribution in [0, 0.1) is 0 Å². The summed E-state index contributed by atoms with van der Waals surface area (Å²) in [4.78, 5) is 42.9. The Hall–Kier alpha value is -3.35. The first-order valence-corrected chi connectivity index (χ1v) is 10.6. The number of hydrogen-bond donors (Lipinski definition) is 0. The molecule has 1 saturated heterocycles. The van der Waals surface area contributed by atoms with Crippen molar-refractivity contribution in [2.75, 3.05) is 18.6 Å². The average molecular weight is 420 g/mol. The maximum Gasteiger partial charge on any atom is 0.353 e. The highest BCUT2D eigenvalue weighted by Crippen LogP contribution is 2.49. The van der Waals surface area contributed by atoms with E-state index in [1.165, 1.54) is 4.90 Å². The van der Waals surface area contributed by atoms with Crippen molar-refractivity contribution in [3.8, 4) is 5.75 Å². The molecule has 2 amide bonds. The van der Waals surface area contributed by atoms with Gasteiger partial charge in [0.2, 0.25) is 11.6 Å². The number of carbonyl (C=O) groups excluding carboxylic acids is 3. The van der Waals surface area contributed by atoms with Gasteiger partial charge in [0.1, 0.15) is 5.75 Å². The Morgan fingerprint density at radius 2 is 1.84 bits per heavy atom. The van der Waals surface area contributed by atoms with Crippen molar-refractivity contribution in [3.05, 3.63) is 59.7 Å². The van der Waals surface area contributed by atoms with E-state index in [4.69, 9.17) is 9.47 Å². The molecule has 0 N–H and O–H groups in total. The molecule has 0 bridgehead atoms. The van der Waals surface area contributed by atoms with Gasteiger partial charge in [0.15, 0.2) is 0 Å². The fourth-order valence-corrected chi connectivity index (χ4v) is 4.68. The molecule has 0 unspecified atom stereocenters. The largest absolute Gasteiger partial charge is 0.497 e. The first kappa shape index (κ1) is 19.6. The van der Waals surface area contributed by atoms with Crippen molar-refractivity contribution >= 4 is 23.5 Å². The minimum Gasteiger partial charge on any atom is -0.497 e. The lowest BCUT2D eigenvalue weighted by Crippen LogP contribution is -2.69. The zero-order valence-corrected chi connectivity index (χ0v) is 17.4. The Kier molecular flexibility index (Phi) is 4.68. The fraction of sp³-hybridized carbons (Fsp3) is 0.375. The van der Waals surface area contributed by atoms with Crippen LogP contribution in [0.5, 0.6) is 5.75 Å². The van der Waals surface area contributed by atoms with Crippen molar-refractivity contribution in [2.45, 2.75) is 43.8 Å². The van der Waals surface area contributed by atoms with E-state index in [2.05, 4.69) is 0 Å². The summed E-state index contributed by atoms with van der Waals surface area (Å²) in [5, 5.41) is 0. The standard InChI is InChI=1S/C24H24N2O5/c1-30-18-10-6-16(7-11-18)13-15-31-23(29)24-14-12-21(27)26(24)20-5-3-2-4-19(20)22(28)25(24)17-8-9-17/h2-7,10-11,17H,8-9,12-15H2,1H3/t24-/m0/s1. The second-order valence-electron chi connectivity index (χ2n) is 8.20. The molecule has 1 saturated carbocycles. The highest BCUT2D eigenvalue weighted by atomic mass is 16.5. The SMILES string of the molecule is COc1ccc(CCOC(=O)[C@]23CCC(=O)N2c2ccccc2C(=O)N3C2CC2)cc1. The Morgan fingerprint density at radius 3 is 2.55 bits per heavy atom. The zero-order valence-electron chi connectivity index (χ0n) is 17.4. The lowest BCUT2D eigenvalue weighted by molar-refractivity contribution is -0.157. The number of anilines is 1. The quantitative estimate of drug-likeness (QED) is 0.672. The van der Waals surface area contributed by atoms with Gasteiger partial charge in [-0.1, -0.05) is 24.3 Å². The summed E-state index contributed by atoms with van der Waals surface area (Å²) in [5.74, 6) is -0.116. The van der Waals surface area contributed by atoms with E-state index >= 15 is 0 Å². The summed E-state index contributed by atoms with van der Waals surface area (Å²) >= 11 is 0. The predicted octanol–water partition coefficient (Wildman–Crippen LogP) is 2.92. The molecule has 3 aliphatic rings. The van der Waals surface area contributed by atoms with Gasteiger partial charge < -0.3 is 14.4 Å². The van der Waals surface area contributed by atoms with Gasteiger partial charge in [0, 0.05) is 25.3 Å². The third-order valence-corrected chi connectivity index (χ3v) is 6.32. The van der Waals surface area contributed by atoms with Gasteiger partial charge in [-0.2, -0.15) is 0 Å². The fourth-order valence-electron chi connectivity index (χ4n) is 4.68. The van der Waals surface area contributed by atoms with Crippen molar-refractivity contribution < 1.29 is 23.9 Å². The number of fused-ring (bicyclic) bond motifs is 3. The van der Waals surface area contributed by atoms with Crippen molar-refractivity contribution in [2.24, 2.45) is 0 Å². The molecule has 7 heteroatoms. The minimum atomic E-state index is -1.39. The topological polar surface area (TPSA) is 76.1 Å². The van der Waals surface area contributed by atoms with E-state index in [1.54, 1.807) is 36.3 Å². The summed E-state index contributed by atoms with van der Waals surface area (Å²) in [6.07, 6.45) is 2.66. The number of ether oxygens (including phenoxy) is 2. The summed E-state index contributed by atoms with van der Waals surface area (Å²) in [6.45, 7) is 0.170. The number of para-hydroxylation sites is 1. The van der Waals surface area contributed by atoms with Crippen molar-refractivity contribution in [1.29, 1.82) is 0 Å². The predicted molar refractivity (Wildman–Crippen MR) is 113 cm³/mol. The third-order valence-electron chi connectivity index (χ3n) is 6.32. The van der Waals surface area contributed by atoms with E-state index < -0.39 is 11.6 Å². The number of carbonyl (C=O) groups is 3. The Labute approximate surface area is 180 Å². The molecular formula is C24H24N2O5. The molecule has 2 aromatic carbocycles. The summed E-state index contributed by atoms with van der Waals surface area (Å²) < 4.78 is 10.9. The van der Waals surface area contributed by atoms with Gasteiger partial charge >= 0.3 is 5.97 Å². The molecule has 5 rings (SSSR count). The van der Waals surface area contributed by atoms with Gasteiger partial charge in [-0.15, -0.1) is 0 Å². The summed E-state index contributed by atoms with van der Waals surface area (Å²) in [6, 6.07) is 14.5. The lowest BCUT2D eigenvalue weighted by atomic mass is 9.96. The maximum absolute atomic E-state index is 13.5.